The number of esters is 1. The fraction of sp³-hybridized carbons (Fsp3) is 0.125. The Morgan fingerprint density at radius 3 is 2.26 bits per heavy atom. The topological polar surface area (TPSA) is 50.1 Å². The number of ether oxygens (including phenoxy) is 1. The van der Waals surface area contributed by atoms with Gasteiger partial charge in [0.1, 0.15) is 5.75 Å². The van der Waals surface area contributed by atoms with Gasteiger partial charge in [0.05, 0.1) is 17.2 Å². The Hall–Kier alpha value is -2.60. The lowest BCUT2D eigenvalue weighted by Crippen LogP contribution is -2.08. The smallest absolute Gasteiger partial charge is 0.343 e. The van der Waals surface area contributed by atoms with E-state index in [0.29, 0.717) is 16.9 Å². The van der Waals surface area contributed by atoms with Gasteiger partial charge in [0.25, 0.3) is 0 Å². The molecule has 0 aliphatic carbocycles. The van der Waals surface area contributed by atoms with E-state index in [1.807, 2.05) is 18.2 Å². The third kappa shape index (κ3) is 3.20. The van der Waals surface area contributed by atoms with Crippen LogP contribution >= 0.6 is 0 Å². The van der Waals surface area contributed by atoms with Crippen molar-refractivity contribution in [1.29, 1.82) is 5.26 Å². The van der Waals surface area contributed by atoms with Crippen LogP contribution in [0.15, 0.2) is 48.5 Å². The molecular weight excluding hydrogens is 238 g/mol. The third-order valence-corrected chi connectivity index (χ3v) is 2.79. The SMILES string of the molecule is CCc1ccc(C(=O)Oc2ccc(C#N)cc2)cc1. The number of hydrogen-bond donors (Lipinski definition) is 0. The minimum Gasteiger partial charge on any atom is -0.423 e. The number of carbonyl (C=O) groups is 1. The standard InChI is InChI=1S/C16H13NO2/c1-2-12-3-7-14(8-4-12)16(18)19-15-9-5-13(11-17)6-10-15/h3-10H,2H2,1H3. The Morgan fingerprint density at radius 1 is 1.11 bits per heavy atom. The van der Waals surface area contributed by atoms with Crippen LogP contribution in [0.4, 0.5) is 0 Å². The predicted molar refractivity (Wildman–Crippen MR) is 71.9 cm³/mol. The van der Waals surface area contributed by atoms with Crippen molar-refractivity contribution in [3.63, 3.8) is 0 Å². The molecule has 2 aromatic carbocycles. The van der Waals surface area contributed by atoms with Crippen molar-refractivity contribution in [1.82, 2.24) is 0 Å². The first-order chi connectivity index (χ1) is 9.22. The van der Waals surface area contributed by atoms with E-state index in [1.54, 1.807) is 36.4 Å². The summed E-state index contributed by atoms with van der Waals surface area (Å²) in [6.07, 6.45) is 0.935. The van der Waals surface area contributed by atoms with E-state index in [2.05, 4.69) is 6.92 Å². The van der Waals surface area contributed by atoms with Gasteiger partial charge in [0.2, 0.25) is 0 Å². The normalized spacial score (nSPS) is 9.68. The molecule has 0 unspecified atom stereocenters. The van der Waals surface area contributed by atoms with Crippen LogP contribution in [0.2, 0.25) is 0 Å². The maximum absolute atomic E-state index is 11.9. The molecule has 94 valence electrons. The van der Waals surface area contributed by atoms with Gasteiger partial charge in [-0.25, -0.2) is 4.79 Å². The van der Waals surface area contributed by atoms with Crippen molar-refractivity contribution < 1.29 is 9.53 Å². The summed E-state index contributed by atoms with van der Waals surface area (Å²) in [6, 6.07) is 15.8. The highest BCUT2D eigenvalue weighted by Gasteiger charge is 2.08. The van der Waals surface area contributed by atoms with Gasteiger partial charge in [0.15, 0.2) is 0 Å². The number of nitriles is 1. The van der Waals surface area contributed by atoms with Gasteiger partial charge in [0, 0.05) is 0 Å². The second kappa shape index (κ2) is 5.83. The van der Waals surface area contributed by atoms with E-state index in [1.165, 1.54) is 5.56 Å². The molecule has 0 spiro atoms. The molecule has 0 saturated carbocycles. The Labute approximate surface area is 112 Å². The van der Waals surface area contributed by atoms with Gasteiger partial charge in [-0.15, -0.1) is 0 Å². The zero-order chi connectivity index (χ0) is 13.7. The number of hydrogen-bond acceptors (Lipinski definition) is 3. The monoisotopic (exact) mass is 251 g/mol. The molecule has 0 bridgehead atoms. The largest absolute Gasteiger partial charge is 0.423 e. The summed E-state index contributed by atoms with van der Waals surface area (Å²) in [4.78, 5) is 11.9. The summed E-state index contributed by atoms with van der Waals surface area (Å²) in [6.45, 7) is 2.06. The molecule has 3 heteroatoms. The lowest BCUT2D eigenvalue weighted by Gasteiger charge is -2.05. The van der Waals surface area contributed by atoms with Crippen molar-refractivity contribution in [3.05, 3.63) is 65.2 Å². The summed E-state index contributed by atoms with van der Waals surface area (Å²) < 4.78 is 5.23. The van der Waals surface area contributed by atoms with Crippen LogP contribution in [0, 0.1) is 11.3 Å². The maximum atomic E-state index is 11.9. The molecule has 19 heavy (non-hydrogen) atoms. The van der Waals surface area contributed by atoms with E-state index < -0.39 is 5.97 Å². The van der Waals surface area contributed by atoms with E-state index in [-0.39, 0.29) is 0 Å². The van der Waals surface area contributed by atoms with Crippen LogP contribution in [0.3, 0.4) is 0 Å². The summed E-state index contributed by atoms with van der Waals surface area (Å²) in [5, 5.41) is 8.68. The highest BCUT2D eigenvalue weighted by Crippen LogP contribution is 2.14. The molecule has 0 N–H and O–H groups in total. The molecule has 0 aliphatic rings. The summed E-state index contributed by atoms with van der Waals surface area (Å²) in [5.74, 6) is 0.0379. The second-order valence-electron chi connectivity index (χ2n) is 4.08. The lowest BCUT2D eigenvalue weighted by molar-refractivity contribution is 0.0735. The predicted octanol–water partition coefficient (Wildman–Crippen LogP) is 3.34. The minimum atomic E-state index is -0.396. The minimum absolute atomic E-state index is 0.396. The Kier molecular flexibility index (Phi) is 3.94. The van der Waals surface area contributed by atoms with Crippen molar-refractivity contribution in [2.45, 2.75) is 13.3 Å². The van der Waals surface area contributed by atoms with E-state index in [9.17, 15) is 4.79 Å². The molecule has 2 rings (SSSR count). The Morgan fingerprint density at radius 2 is 1.74 bits per heavy atom. The second-order valence-corrected chi connectivity index (χ2v) is 4.08. The number of carbonyl (C=O) groups excluding carboxylic acids is 1. The fourth-order valence-corrected chi connectivity index (χ4v) is 1.64. The van der Waals surface area contributed by atoms with Gasteiger partial charge in [-0.3, -0.25) is 0 Å². The first-order valence-electron chi connectivity index (χ1n) is 6.04. The highest BCUT2D eigenvalue weighted by molar-refractivity contribution is 5.91. The lowest BCUT2D eigenvalue weighted by atomic mass is 10.1. The molecule has 2 aromatic rings. The first-order valence-corrected chi connectivity index (χ1v) is 6.04. The third-order valence-electron chi connectivity index (χ3n) is 2.79. The molecule has 0 amide bonds. The van der Waals surface area contributed by atoms with Gasteiger partial charge in [-0.05, 0) is 48.4 Å². The Balaban J connectivity index is 2.09. The van der Waals surface area contributed by atoms with Gasteiger partial charge >= 0.3 is 5.97 Å². The van der Waals surface area contributed by atoms with Crippen LogP contribution in [0.5, 0.6) is 5.75 Å². The van der Waals surface area contributed by atoms with E-state index >= 15 is 0 Å². The summed E-state index contributed by atoms with van der Waals surface area (Å²) >= 11 is 0. The number of benzene rings is 2. The van der Waals surface area contributed by atoms with Crippen molar-refractivity contribution >= 4 is 5.97 Å². The first kappa shape index (κ1) is 12.8. The molecule has 3 nitrogen and oxygen atoms in total. The van der Waals surface area contributed by atoms with Crippen molar-refractivity contribution in [3.8, 4) is 11.8 Å². The van der Waals surface area contributed by atoms with Crippen molar-refractivity contribution in [2.75, 3.05) is 0 Å². The van der Waals surface area contributed by atoms with E-state index in [0.717, 1.165) is 6.42 Å². The Bertz CT molecular complexity index is 607. The van der Waals surface area contributed by atoms with Crippen LogP contribution < -0.4 is 4.74 Å². The molecule has 0 radical (unpaired) electrons. The molecule has 0 aromatic heterocycles. The fourth-order valence-electron chi connectivity index (χ4n) is 1.64. The maximum Gasteiger partial charge on any atom is 0.343 e. The van der Waals surface area contributed by atoms with Gasteiger partial charge in [-0.2, -0.15) is 5.26 Å². The summed E-state index contributed by atoms with van der Waals surface area (Å²) in [7, 11) is 0. The number of rotatable bonds is 3. The molecule has 0 atom stereocenters. The summed E-state index contributed by atoms with van der Waals surface area (Å²) in [5.41, 5.74) is 2.23. The van der Waals surface area contributed by atoms with Gasteiger partial charge in [-0.1, -0.05) is 19.1 Å². The van der Waals surface area contributed by atoms with Crippen molar-refractivity contribution in [2.24, 2.45) is 0 Å². The number of nitrogens with zero attached hydrogens (tertiary/aromatic N) is 1. The molecule has 0 fully saturated rings. The number of aryl methyl sites for hydroxylation is 1. The highest BCUT2D eigenvalue weighted by atomic mass is 16.5. The molecular formula is C16H13NO2. The van der Waals surface area contributed by atoms with Crippen LogP contribution in [0.25, 0.3) is 0 Å². The average molecular weight is 251 g/mol. The van der Waals surface area contributed by atoms with E-state index in [4.69, 9.17) is 10.00 Å². The molecule has 0 heterocycles. The zero-order valence-corrected chi connectivity index (χ0v) is 10.6. The quantitative estimate of drug-likeness (QED) is 0.621. The van der Waals surface area contributed by atoms with Gasteiger partial charge < -0.3 is 4.74 Å². The average Bonchev–Trinajstić information content (AvgIpc) is 2.48. The van der Waals surface area contributed by atoms with Crippen LogP contribution in [-0.4, -0.2) is 5.97 Å². The van der Waals surface area contributed by atoms with Crippen LogP contribution in [0.1, 0.15) is 28.4 Å². The zero-order valence-electron chi connectivity index (χ0n) is 10.6. The van der Waals surface area contributed by atoms with Crippen LogP contribution in [-0.2, 0) is 6.42 Å². The molecule has 0 aliphatic heterocycles. The molecule has 0 saturated heterocycles.